The van der Waals surface area contributed by atoms with Crippen LogP contribution in [0.3, 0.4) is 0 Å². The summed E-state index contributed by atoms with van der Waals surface area (Å²) < 4.78 is 0. The molecule has 1 heterocycles. The van der Waals surface area contributed by atoms with E-state index in [1.54, 1.807) is 11.3 Å². The van der Waals surface area contributed by atoms with E-state index in [1.165, 1.54) is 10.4 Å². The Bertz CT molecular complexity index is 570. The Morgan fingerprint density at radius 2 is 1.96 bits per heavy atom. The lowest BCUT2D eigenvalue weighted by Gasteiger charge is -2.23. The topological polar surface area (TPSA) is 53.6 Å². The van der Waals surface area contributed by atoms with Gasteiger partial charge in [0.2, 0.25) is 0 Å². The highest BCUT2D eigenvalue weighted by Crippen LogP contribution is 2.17. The number of hydrogen-bond donors (Lipinski definition) is 2. The van der Waals surface area contributed by atoms with Crippen molar-refractivity contribution in [3.63, 3.8) is 0 Å². The molecule has 0 amide bonds. The molecule has 0 aliphatic rings. The van der Waals surface area contributed by atoms with E-state index in [1.807, 2.05) is 6.07 Å². The molecule has 1 aromatic heterocycles. The van der Waals surface area contributed by atoms with E-state index >= 15 is 0 Å². The van der Waals surface area contributed by atoms with Gasteiger partial charge in [-0.2, -0.15) is 0 Å². The average Bonchev–Trinajstić information content (AvgIpc) is 3.01. The standard InChI is InChI=1S/C17H24N4S.HI/c1-21(2)16(14-7-4-3-5-8-14)13-20-17(18)19-11-10-15-9-6-12-22-15;/h3-9,12,16H,10-11,13H2,1-2H3,(H3,18,19,20);1H. The maximum Gasteiger partial charge on any atom is 0.188 e. The van der Waals surface area contributed by atoms with E-state index < -0.39 is 0 Å². The van der Waals surface area contributed by atoms with E-state index in [2.05, 4.69) is 71.1 Å². The van der Waals surface area contributed by atoms with Crippen LogP contribution >= 0.6 is 35.3 Å². The fourth-order valence-electron chi connectivity index (χ4n) is 2.25. The third-order valence-electron chi connectivity index (χ3n) is 3.50. The zero-order valence-corrected chi connectivity index (χ0v) is 16.8. The normalized spacial score (nSPS) is 12.7. The number of halogens is 1. The number of hydrogen-bond acceptors (Lipinski definition) is 3. The van der Waals surface area contributed by atoms with Crippen LogP contribution in [-0.4, -0.2) is 38.0 Å². The van der Waals surface area contributed by atoms with Gasteiger partial charge in [0.25, 0.3) is 0 Å². The number of guanidine groups is 1. The van der Waals surface area contributed by atoms with Gasteiger partial charge in [0, 0.05) is 11.4 Å². The Kier molecular flexibility index (Phi) is 9.20. The summed E-state index contributed by atoms with van der Waals surface area (Å²) in [7, 11) is 4.13. The molecule has 2 aromatic rings. The summed E-state index contributed by atoms with van der Waals surface area (Å²) in [5, 5.41) is 5.27. The molecule has 2 rings (SSSR count). The van der Waals surface area contributed by atoms with Gasteiger partial charge in [-0.1, -0.05) is 36.4 Å². The van der Waals surface area contributed by atoms with Gasteiger partial charge >= 0.3 is 0 Å². The predicted octanol–water partition coefficient (Wildman–Crippen LogP) is 3.12. The fraction of sp³-hybridized carbons (Fsp3) is 0.353. The van der Waals surface area contributed by atoms with Crippen molar-refractivity contribution in [2.24, 2.45) is 10.7 Å². The molecule has 0 spiro atoms. The first kappa shape index (κ1) is 19.9. The quantitative estimate of drug-likeness (QED) is 0.392. The molecule has 4 nitrogen and oxygen atoms in total. The second kappa shape index (κ2) is 10.6. The Labute approximate surface area is 159 Å². The molecule has 0 aliphatic heterocycles. The molecule has 1 unspecified atom stereocenters. The molecule has 1 atom stereocenters. The highest BCUT2D eigenvalue weighted by atomic mass is 127. The number of likely N-dealkylation sites (N-methyl/N-ethyl adjacent to an activating group) is 1. The minimum Gasteiger partial charge on any atom is -0.370 e. The molecule has 0 saturated carbocycles. The highest BCUT2D eigenvalue weighted by Gasteiger charge is 2.12. The van der Waals surface area contributed by atoms with E-state index in [0.717, 1.165) is 13.0 Å². The predicted molar refractivity (Wildman–Crippen MR) is 111 cm³/mol. The number of rotatable bonds is 7. The number of nitrogens with one attached hydrogen (secondary N) is 1. The summed E-state index contributed by atoms with van der Waals surface area (Å²) in [5.74, 6) is 0.513. The molecule has 0 fully saturated rings. The van der Waals surface area contributed by atoms with Gasteiger partial charge in [-0.3, -0.25) is 4.99 Å². The lowest BCUT2D eigenvalue weighted by atomic mass is 10.1. The monoisotopic (exact) mass is 444 g/mol. The third-order valence-corrected chi connectivity index (χ3v) is 4.44. The minimum atomic E-state index is 0. The first-order valence-electron chi connectivity index (χ1n) is 7.44. The minimum absolute atomic E-state index is 0. The van der Waals surface area contributed by atoms with Gasteiger partial charge in [0.15, 0.2) is 5.96 Å². The SMILES string of the molecule is CN(C)C(CN=C(N)NCCc1cccs1)c1ccccc1.I. The molecule has 0 saturated heterocycles. The molecule has 3 N–H and O–H groups in total. The van der Waals surface area contributed by atoms with Crippen molar-refractivity contribution in [3.05, 3.63) is 58.3 Å². The van der Waals surface area contributed by atoms with Gasteiger partial charge in [0.1, 0.15) is 0 Å². The first-order valence-corrected chi connectivity index (χ1v) is 8.32. The van der Waals surface area contributed by atoms with E-state index in [-0.39, 0.29) is 30.0 Å². The maximum absolute atomic E-state index is 5.96. The van der Waals surface area contributed by atoms with Crippen LogP contribution in [0.2, 0.25) is 0 Å². The zero-order valence-electron chi connectivity index (χ0n) is 13.6. The molecule has 6 heteroatoms. The number of nitrogens with zero attached hydrogens (tertiary/aromatic N) is 2. The van der Waals surface area contributed by atoms with Crippen molar-refractivity contribution in [1.29, 1.82) is 0 Å². The molecule has 23 heavy (non-hydrogen) atoms. The van der Waals surface area contributed by atoms with Crippen LogP contribution in [0.4, 0.5) is 0 Å². The zero-order chi connectivity index (χ0) is 15.8. The first-order chi connectivity index (χ1) is 10.7. The van der Waals surface area contributed by atoms with Crippen LogP contribution in [0.25, 0.3) is 0 Å². The molecule has 0 aliphatic carbocycles. The van der Waals surface area contributed by atoms with Gasteiger partial charge in [-0.05, 0) is 37.5 Å². The smallest absolute Gasteiger partial charge is 0.188 e. The number of aliphatic imine (C=N–C) groups is 1. The Morgan fingerprint density at radius 3 is 2.57 bits per heavy atom. The van der Waals surface area contributed by atoms with Crippen molar-refractivity contribution >= 4 is 41.3 Å². The van der Waals surface area contributed by atoms with Gasteiger partial charge in [-0.25, -0.2) is 0 Å². The Morgan fingerprint density at radius 1 is 1.22 bits per heavy atom. The summed E-state index contributed by atoms with van der Waals surface area (Å²) in [6.07, 6.45) is 0.976. The maximum atomic E-state index is 5.96. The largest absolute Gasteiger partial charge is 0.370 e. The lowest BCUT2D eigenvalue weighted by Crippen LogP contribution is -2.34. The van der Waals surface area contributed by atoms with Crippen LogP contribution in [0.15, 0.2) is 52.8 Å². The summed E-state index contributed by atoms with van der Waals surface area (Å²) >= 11 is 1.77. The van der Waals surface area contributed by atoms with E-state index in [4.69, 9.17) is 5.73 Å². The molecule has 0 radical (unpaired) electrons. The second-order valence-corrected chi connectivity index (χ2v) is 6.40. The van der Waals surface area contributed by atoms with E-state index in [0.29, 0.717) is 12.5 Å². The summed E-state index contributed by atoms with van der Waals surface area (Å²) in [6.45, 7) is 1.46. The van der Waals surface area contributed by atoms with Gasteiger partial charge < -0.3 is 16.0 Å². The number of thiophene rings is 1. The third kappa shape index (κ3) is 6.88. The second-order valence-electron chi connectivity index (χ2n) is 5.37. The summed E-state index contributed by atoms with van der Waals surface area (Å²) in [5.41, 5.74) is 7.22. The molecular formula is C17H25IN4S. The van der Waals surface area contributed by atoms with Crippen LogP contribution in [0.5, 0.6) is 0 Å². The van der Waals surface area contributed by atoms with Gasteiger partial charge in [-0.15, -0.1) is 35.3 Å². The van der Waals surface area contributed by atoms with Crippen molar-refractivity contribution in [2.45, 2.75) is 12.5 Å². The molecular weight excluding hydrogens is 419 g/mol. The van der Waals surface area contributed by atoms with Crippen molar-refractivity contribution in [3.8, 4) is 0 Å². The van der Waals surface area contributed by atoms with Crippen molar-refractivity contribution < 1.29 is 0 Å². The average molecular weight is 444 g/mol. The van der Waals surface area contributed by atoms with Crippen LogP contribution in [0, 0.1) is 0 Å². The molecule has 0 bridgehead atoms. The fourth-order valence-corrected chi connectivity index (χ4v) is 2.96. The molecule has 126 valence electrons. The van der Waals surface area contributed by atoms with Gasteiger partial charge in [0.05, 0.1) is 12.6 Å². The highest BCUT2D eigenvalue weighted by molar-refractivity contribution is 14.0. The Balaban J connectivity index is 0.00000264. The van der Waals surface area contributed by atoms with E-state index in [9.17, 15) is 0 Å². The van der Waals surface area contributed by atoms with Crippen LogP contribution in [0.1, 0.15) is 16.5 Å². The summed E-state index contributed by atoms with van der Waals surface area (Å²) in [4.78, 5) is 8.01. The summed E-state index contributed by atoms with van der Waals surface area (Å²) in [6, 6.07) is 14.8. The number of nitrogens with two attached hydrogens (primary N) is 1. The molecule has 1 aromatic carbocycles. The van der Waals surface area contributed by atoms with Crippen molar-refractivity contribution in [1.82, 2.24) is 10.2 Å². The number of benzene rings is 1. The van der Waals surface area contributed by atoms with Crippen LogP contribution in [-0.2, 0) is 6.42 Å². The van der Waals surface area contributed by atoms with Crippen LogP contribution < -0.4 is 11.1 Å². The van der Waals surface area contributed by atoms with Crippen molar-refractivity contribution in [2.75, 3.05) is 27.2 Å². The Hall–Kier alpha value is -1.12. The lowest BCUT2D eigenvalue weighted by molar-refractivity contribution is 0.306.